The van der Waals surface area contributed by atoms with Crippen molar-refractivity contribution in [3.8, 4) is 0 Å². The molecule has 0 saturated carbocycles. The van der Waals surface area contributed by atoms with Gasteiger partial charge in [-0.1, -0.05) is 41.6 Å². The zero-order valence-corrected chi connectivity index (χ0v) is 7.40. The molecule has 0 atom stereocenters. The van der Waals surface area contributed by atoms with Gasteiger partial charge in [-0.15, -0.1) is 0 Å². The van der Waals surface area contributed by atoms with Crippen LogP contribution in [0, 0.1) is 5.92 Å². The van der Waals surface area contributed by atoms with Crippen LogP contribution in [0.25, 0.3) is 0 Å². The highest BCUT2D eigenvalue weighted by atomic mass is 16.6. The zero-order chi connectivity index (χ0) is 8.81. The molecule has 0 amide bonds. The monoisotopic (exact) mass is 163 g/mol. The molecule has 64 valence electrons. The molecule has 0 bridgehead atoms. The van der Waals surface area contributed by atoms with Crippen LogP contribution in [0.2, 0.25) is 0 Å². The van der Waals surface area contributed by atoms with Crippen molar-refractivity contribution in [3.05, 3.63) is 36.5 Å². The van der Waals surface area contributed by atoms with Crippen LogP contribution in [-0.2, 0) is 4.84 Å². The summed E-state index contributed by atoms with van der Waals surface area (Å²) in [5, 5.41) is 3.88. The van der Waals surface area contributed by atoms with Gasteiger partial charge in [-0.05, 0) is 6.92 Å². The Balaban J connectivity index is 2.69. The van der Waals surface area contributed by atoms with Crippen molar-refractivity contribution in [3.63, 3.8) is 0 Å². The van der Waals surface area contributed by atoms with E-state index in [4.69, 9.17) is 4.84 Å². The predicted molar refractivity (Wildman–Crippen MR) is 51.0 cm³/mol. The van der Waals surface area contributed by atoms with E-state index in [9.17, 15) is 0 Å². The highest BCUT2D eigenvalue weighted by Crippen LogP contribution is 2.08. The Morgan fingerprint density at radius 2 is 1.75 bits per heavy atom. The van der Waals surface area contributed by atoms with Crippen molar-refractivity contribution in [2.24, 2.45) is 11.1 Å². The smallest absolute Gasteiger partial charge is 0.106 e. The number of oxime groups is 1. The maximum absolute atomic E-state index is 4.70. The Morgan fingerprint density at radius 1 is 1.17 bits per heavy atom. The maximum atomic E-state index is 4.70. The van der Waals surface area contributed by atoms with E-state index >= 15 is 0 Å². The molecule has 0 aromatic rings. The zero-order valence-electron chi connectivity index (χ0n) is 7.40. The molecule has 0 radical (unpaired) electrons. The second kappa shape index (κ2) is 4.54. The third-order valence-electron chi connectivity index (χ3n) is 1.69. The van der Waals surface area contributed by atoms with E-state index in [0.29, 0.717) is 0 Å². The third-order valence-corrected chi connectivity index (χ3v) is 1.69. The summed E-state index contributed by atoms with van der Waals surface area (Å²) in [5.41, 5.74) is 0.966. The van der Waals surface area contributed by atoms with E-state index in [-0.39, 0.29) is 5.92 Å². The lowest BCUT2D eigenvalue weighted by molar-refractivity contribution is 0.212. The van der Waals surface area contributed by atoms with E-state index in [2.05, 4.69) is 17.3 Å². The predicted octanol–water partition coefficient (Wildman–Crippen LogP) is 2.31. The van der Waals surface area contributed by atoms with Crippen LogP contribution < -0.4 is 0 Å². The minimum absolute atomic E-state index is 0.264. The Labute approximate surface area is 72.9 Å². The highest BCUT2D eigenvalue weighted by Gasteiger charge is 2.04. The van der Waals surface area contributed by atoms with E-state index in [1.54, 1.807) is 7.11 Å². The first-order valence-corrected chi connectivity index (χ1v) is 3.94. The summed E-state index contributed by atoms with van der Waals surface area (Å²) in [4.78, 5) is 4.70. The van der Waals surface area contributed by atoms with Gasteiger partial charge in [0.2, 0.25) is 0 Å². The van der Waals surface area contributed by atoms with Gasteiger partial charge >= 0.3 is 0 Å². The Morgan fingerprint density at radius 3 is 2.25 bits per heavy atom. The number of allylic oxidation sites excluding steroid dienone is 6. The van der Waals surface area contributed by atoms with Crippen LogP contribution in [0.15, 0.2) is 41.6 Å². The topological polar surface area (TPSA) is 21.6 Å². The van der Waals surface area contributed by atoms with Crippen molar-refractivity contribution >= 4 is 5.71 Å². The van der Waals surface area contributed by atoms with Crippen LogP contribution in [0.1, 0.15) is 6.92 Å². The van der Waals surface area contributed by atoms with Crippen molar-refractivity contribution in [2.45, 2.75) is 6.92 Å². The van der Waals surface area contributed by atoms with Gasteiger partial charge in [0, 0.05) is 5.92 Å². The minimum Gasteiger partial charge on any atom is -0.399 e. The Hall–Kier alpha value is -1.31. The standard InChI is InChI=1S/C10H13NO/c1-9(11-12-2)10-7-5-3-4-6-8-10/h3-8,10H,1-2H3/b11-9+. The largest absolute Gasteiger partial charge is 0.399 e. The molecule has 0 aliphatic heterocycles. The van der Waals surface area contributed by atoms with Gasteiger partial charge in [-0.3, -0.25) is 0 Å². The summed E-state index contributed by atoms with van der Waals surface area (Å²) in [6, 6.07) is 0. The van der Waals surface area contributed by atoms with E-state index < -0.39 is 0 Å². The molecular formula is C10H13NO. The molecule has 0 fully saturated rings. The molecule has 0 aromatic carbocycles. The molecule has 0 N–H and O–H groups in total. The summed E-state index contributed by atoms with van der Waals surface area (Å²) in [5.74, 6) is 0.264. The fourth-order valence-corrected chi connectivity index (χ4v) is 1.04. The van der Waals surface area contributed by atoms with Gasteiger partial charge in [0.1, 0.15) is 7.11 Å². The van der Waals surface area contributed by atoms with Crippen molar-refractivity contribution in [2.75, 3.05) is 7.11 Å². The Kier molecular flexibility index (Phi) is 3.33. The average molecular weight is 163 g/mol. The lowest BCUT2D eigenvalue weighted by Crippen LogP contribution is -2.05. The van der Waals surface area contributed by atoms with Crippen molar-refractivity contribution in [1.29, 1.82) is 0 Å². The molecule has 0 spiro atoms. The molecule has 0 unspecified atom stereocenters. The molecule has 1 rings (SSSR count). The molecule has 2 heteroatoms. The summed E-state index contributed by atoms with van der Waals surface area (Å²) in [6.45, 7) is 1.95. The molecule has 1 aliphatic carbocycles. The molecule has 1 aliphatic rings. The summed E-state index contributed by atoms with van der Waals surface area (Å²) < 4.78 is 0. The molecule has 0 heterocycles. The van der Waals surface area contributed by atoms with Crippen LogP contribution in [-0.4, -0.2) is 12.8 Å². The van der Waals surface area contributed by atoms with Crippen LogP contribution in [0.5, 0.6) is 0 Å². The maximum Gasteiger partial charge on any atom is 0.106 e. The third kappa shape index (κ3) is 2.38. The summed E-state index contributed by atoms with van der Waals surface area (Å²) >= 11 is 0. The molecule has 2 nitrogen and oxygen atoms in total. The quantitative estimate of drug-likeness (QED) is 0.452. The fourth-order valence-electron chi connectivity index (χ4n) is 1.04. The lowest BCUT2D eigenvalue weighted by atomic mass is 10.0. The summed E-state index contributed by atoms with van der Waals surface area (Å²) in [6.07, 6.45) is 12.2. The van der Waals surface area contributed by atoms with Crippen LogP contribution >= 0.6 is 0 Å². The first-order chi connectivity index (χ1) is 5.84. The average Bonchev–Trinajstić information content (AvgIpc) is 2.32. The number of hydrogen-bond donors (Lipinski definition) is 0. The van der Waals surface area contributed by atoms with Gasteiger partial charge in [0.05, 0.1) is 5.71 Å². The van der Waals surface area contributed by atoms with Crippen molar-refractivity contribution in [1.82, 2.24) is 0 Å². The second-order valence-electron chi connectivity index (χ2n) is 2.60. The first kappa shape index (κ1) is 8.78. The lowest BCUT2D eigenvalue weighted by Gasteiger charge is -2.04. The number of rotatable bonds is 2. The van der Waals surface area contributed by atoms with Crippen LogP contribution in [0.3, 0.4) is 0 Å². The SMILES string of the molecule is CO/N=C(\C)C1C=CC=CC=C1. The van der Waals surface area contributed by atoms with Gasteiger partial charge in [-0.2, -0.15) is 0 Å². The van der Waals surface area contributed by atoms with E-state index in [0.717, 1.165) is 5.71 Å². The van der Waals surface area contributed by atoms with Gasteiger partial charge in [0.15, 0.2) is 0 Å². The molecule has 12 heavy (non-hydrogen) atoms. The van der Waals surface area contributed by atoms with Gasteiger partial charge in [-0.25, -0.2) is 0 Å². The second-order valence-corrected chi connectivity index (χ2v) is 2.60. The first-order valence-electron chi connectivity index (χ1n) is 3.94. The Bertz CT molecular complexity index is 233. The van der Waals surface area contributed by atoms with Gasteiger partial charge < -0.3 is 4.84 Å². The molecule has 0 aromatic heterocycles. The van der Waals surface area contributed by atoms with Crippen LogP contribution in [0.4, 0.5) is 0 Å². The number of nitrogens with zero attached hydrogens (tertiary/aromatic N) is 1. The summed E-state index contributed by atoms with van der Waals surface area (Å²) in [7, 11) is 1.56. The normalized spacial score (nSPS) is 18.0. The van der Waals surface area contributed by atoms with E-state index in [1.165, 1.54) is 0 Å². The minimum atomic E-state index is 0.264. The number of hydrogen-bond acceptors (Lipinski definition) is 2. The molecular weight excluding hydrogens is 150 g/mol. The molecule has 0 saturated heterocycles. The van der Waals surface area contributed by atoms with Gasteiger partial charge in [0.25, 0.3) is 0 Å². The fraction of sp³-hybridized carbons (Fsp3) is 0.300. The van der Waals surface area contributed by atoms with Crippen molar-refractivity contribution < 1.29 is 4.84 Å². The highest BCUT2D eigenvalue weighted by molar-refractivity contribution is 5.87. The van der Waals surface area contributed by atoms with E-state index in [1.807, 2.05) is 31.2 Å².